The number of hydrogen-bond acceptors (Lipinski definition) is 4. The number of benzene rings is 1. The van der Waals surface area contributed by atoms with Crippen molar-refractivity contribution in [2.45, 2.75) is 43.8 Å². The summed E-state index contributed by atoms with van der Waals surface area (Å²) in [4.78, 5) is 19.1. The minimum Gasteiger partial charge on any atom is -0.395 e. The fraction of sp³-hybridized carbons (Fsp3) is 0.455. The number of nitrogens with zero attached hydrogens (tertiary/aromatic N) is 2. The molecule has 1 saturated carbocycles. The van der Waals surface area contributed by atoms with Crippen molar-refractivity contribution in [3.8, 4) is 0 Å². The van der Waals surface area contributed by atoms with E-state index in [4.69, 9.17) is 0 Å². The minimum absolute atomic E-state index is 0.0417. The van der Waals surface area contributed by atoms with E-state index in [2.05, 4.69) is 27.3 Å². The Kier molecular flexibility index (Phi) is 5.50. The van der Waals surface area contributed by atoms with Crippen LogP contribution in [0.3, 0.4) is 0 Å². The summed E-state index contributed by atoms with van der Waals surface area (Å²) < 4.78 is 0. The Balaban J connectivity index is 1.51. The van der Waals surface area contributed by atoms with Crippen LogP contribution in [0.15, 0.2) is 54.7 Å². The molecule has 0 bridgehead atoms. The highest BCUT2D eigenvalue weighted by atomic mass is 16.3. The molecule has 2 fully saturated rings. The van der Waals surface area contributed by atoms with Gasteiger partial charge in [-0.05, 0) is 30.5 Å². The van der Waals surface area contributed by atoms with Crippen molar-refractivity contribution in [3.63, 3.8) is 0 Å². The molecule has 1 aliphatic heterocycles. The van der Waals surface area contributed by atoms with Gasteiger partial charge < -0.3 is 10.4 Å². The Morgan fingerprint density at radius 1 is 1.11 bits per heavy atom. The number of aliphatic hydroxyl groups excluding tert-OH is 1. The maximum absolute atomic E-state index is 12.3. The molecule has 4 rings (SSSR count). The van der Waals surface area contributed by atoms with E-state index in [1.54, 1.807) is 6.20 Å². The van der Waals surface area contributed by atoms with Crippen LogP contribution < -0.4 is 5.32 Å². The molecular formula is C22H27N3O2. The van der Waals surface area contributed by atoms with E-state index < -0.39 is 0 Å². The van der Waals surface area contributed by atoms with E-state index in [1.165, 1.54) is 5.56 Å². The highest BCUT2D eigenvalue weighted by molar-refractivity contribution is 5.79. The number of pyridine rings is 1. The molecule has 3 atom stereocenters. The zero-order chi connectivity index (χ0) is 18.6. The number of nitrogens with one attached hydrogen (secondary N) is 1. The van der Waals surface area contributed by atoms with Gasteiger partial charge in [-0.25, -0.2) is 0 Å². The van der Waals surface area contributed by atoms with Gasteiger partial charge in [0.05, 0.1) is 12.3 Å². The number of carbonyl (C=O) groups excluding carboxylic acids is 1. The molecule has 142 valence electrons. The first kappa shape index (κ1) is 18.1. The van der Waals surface area contributed by atoms with Gasteiger partial charge in [-0.3, -0.25) is 14.7 Å². The van der Waals surface area contributed by atoms with Gasteiger partial charge in [0.1, 0.15) is 0 Å². The topological polar surface area (TPSA) is 65.5 Å². The SMILES string of the molecule is O=C(NC[C@H]1[C@@H](c2ccccc2)[C@@H](CO)N1Cc1ccccn1)C1CCC1. The van der Waals surface area contributed by atoms with Crippen LogP contribution in [0.25, 0.3) is 0 Å². The van der Waals surface area contributed by atoms with Gasteiger partial charge in [-0.1, -0.05) is 42.8 Å². The second-order valence-electron chi connectivity index (χ2n) is 7.62. The third-order valence-electron chi connectivity index (χ3n) is 6.08. The van der Waals surface area contributed by atoms with Crippen molar-refractivity contribution in [2.24, 2.45) is 5.92 Å². The second kappa shape index (κ2) is 8.19. The fourth-order valence-corrected chi connectivity index (χ4v) is 4.33. The molecule has 1 aromatic carbocycles. The molecule has 1 saturated heterocycles. The first-order valence-corrected chi connectivity index (χ1v) is 9.87. The Labute approximate surface area is 160 Å². The van der Waals surface area contributed by atoms with Gasteiger partial charge >= 0.3 is 0 Å². The van der Waals surface area contributed by atoms with Gasteiger partial charge in [0.2, 0.25) is 5.91 Å². The molecule has 27 heavy (non-hydrogen) atoms. The maximum Gasteiger partial charge on any atom is 0.223 e. The van der Waals surface area contributed by atoms with Crippen LogP contribution in [0.1, 0.15) is 36.4 Å². The number of amides is 1. The predicted octanol–water partition coefficient (Wildman–Crippen LogP) is 2.33. The molecule has 1 aromatic heterocycles. The summed E-state index contributed by atoms with van der Waals surface area (Å²) in [5, 5.41) is 13.2. The summed E-state index contributed by atoms with van der Waals surface area (Å²) >= 11 is 0. The number of aliphatic hydroxyl groups is 1. The molecule has 2 heterocycles. The summed E-state index contributed by atoms with van der Waals surface area (Å²) in [6, 6.07) is 16.4. The molecule has 2 N–H and O–H groups in total. The number of likely N-dealkylation sites (tertiary alicyclic amines) is 1. The van der Waals surface area contributed by atoms with Crippen LogP contribution in [0, 0.1) is 5.92 Å². The summed E-state index contributed by atoms with van der Waals surface area (Å²) in [7, 11) is 0. The standard InChI is InChI=1S/C22H27N3O2/c26-15-20-21(16-7-2-1-3-8-16)19(13-24-22(27)17-9-6-10-17)25(20)14-18-11-4-5-12-23-18/h1-5,7-8,11-12,17,19-21,26H,6,9-10,13-15H2,(H,24,27)/t19-,20+,21+/m0/s1. The maximum atomic E-state index is 12.3. The predicted molar refractivity (Wildman–Crippen MR) is 104 cm³/mol. The van der Waals surface area contributed by atoms with Crippen molar-refractivity contribution in [1.82, 2.24) is 15.2 Å². The Morgan fingerprint density at radius 2 is 1.89 bits per heavy atom. The van der Waals surface area contributed by atoms with Crippen LogP contribution in [0.4, 0.5) is 0 Å². The second-order valence-corrected chi connectivity index (χ2v) is 7.62. The van der Waals surface area contributed by atoms with Crippen LogP contribution in [-0.2, 0) is 11.3 Å². The lowest BCUT2D eigenvalue weighted by molar-refractivity contribution is -0.128. The summed E-state index contributed by atoms with van der Waals surface area (Å²) in [6.07, 6.45) is 4.97. The lowest BCUT2D eigenvalue weighted by Crippen LogP contribution is -2.66. The van der Waals surface area contributed by atoms with E-state index in [-0.39, 0.29) is 36.4 Å². The van der Waals surface area contributed by atoms with Gasteiger partial charge in [0.15, 0.2) is 0 Å². The lowest BCUT2D eigenvalue weighted by atomic mass is 9.74. The Hall–Kier alpha value is -2.24. The molecule has 5 nitrogen and oxygen atoms in total. The van der Waals surface area contributed by atoms with E-state index in [0.717, 1.165) is 25.0 Å². The quantitative estimate of drug-likeness (QED) is 0.790. The summed E-state index contributed by atoms with van der Waals surface area (Å²) in [5.74, 6) is 0.582. The van der Waals surface area contributed by atoms with Gasteiger partial charge in [0, 0.05) is 43.2 Å². The van der Waals surface area contributed by atoms with Gasteiger partial charge in [-0.2, -0.15) is 0 Å². The van der Waals surface area contributed by atoms with Crippen LogP contribution >= 0.6 is 0 Å². The molecule has 1 aliphatic carbocycles. The number of aromatic nitrogens is 1. The molecule has 2 aromatic rings. The highest BCUT2D eigenvalue weighted by Crippen LogP contribution is 2.41. The zero-order valence-corrected chi connectivity index (χ0v) is 15.5. The minimum atomic E-state index is 0.0417. The Bertz CT molecular complexity index is 749. The van der Waals surface area contributed by atoms with Crippen LogP contribution in [0.2, 0.25) is 0 Å². The van der Waals surface area contributed by atoms with E-state index in [9.17, 15) is 9.90 Å². The van der Waals surface area contributed by atoms with E-state index >= 15 is 0 Å². The average molecular weight is 365 g/mol. The molecular weight excluding hydrogens is 338 g/mol. The fourth-order valence-electron chi connectivity index (χ4n) is 4.33. The summed E-state index contributed by atoms with van der Waals surface area (Å²) in [6.45, 7) is 1.39. The largest absolute Gasteiger partial charge is 0.395 e. The van der Waals surface area contributed by atoms with Crippen LogP contribution in [-0.4, -0.2) is 46.1 Å². The smallest absolute Gasteiger partial charge is 0.223 e. The zero-order valence-electron chi connectivity index (χ0n) is 15.5. The van der Waals surface area contributed by atoms with Crippen molar-refractivity contribution in [3.05, 3.63) is 66.0 Å². The molecule has 1 amide bonds. The first-order valence-electron chi connectivity index (χ1n) is 9.87. The number of hydrogen-bond donors (Lipinski definition) is 2. The third-order valence-corrected chi connectivity index (χ3v) is 6.08. The summed E-state index contributed by atoms with van der Waals surface area (Å²) in [5.41, 5.74) is 2.20. The van der Waals surface area contributed by atoms with Crippen molar-refractivity contribution in [1.29, 1.82) is 0 Å². The molecule has 5 heteroatoms. The molecule has 0 spiro atoms. The average Bonchev–Trinajstić information content (AvgIpc) is 2.65. The van der Waals surface area contributed by atoms with Crippen molar-refractivity contribution < 1.29 is 9.90 Å². The lowest BCUT2D eigenvalue weighted by Gasteiger charge is -2.55. The van der Waals surface area contributed by atoms with Gasteiger partial charge in [-0.15, -0.1) is 0 Å². The molecule has 0 radical (unpaired) electrons. The molecule has 2 aliphatic rings. The monoisotopic (exact) mass is 365 g/mol. The highest BCUT2D eigenvalue weighted by Gasteiger charge is 2.48. The van der Waals surface area contributed by atoms with E-state index in [1.807, 2.05) is 36.4 Å². The van der Waals surface area contributed by atoms with Crippen molar-refractivity contribution in [2.75, 3.05) is 13.2 Å². The van der Waals surface area contributed by atoms with Crippen molar-refractivity contribution >= 4 is 5.91 Å². The number of rotatable bonds is 7. The van der Waals surface area contributed by atoms with Gasteiger partial charge in [0.25, 0.3) is 0 Å². The third kappa shape index (κ3) is 3.75. The first-order chi connectivity index (χ1) is 13.3. The Morgan fingerprint density at radius 3 is 2.52 bits per heavy atom. The number of carbonyl (C=O) groups is 1. The van der Waals surface area contributed by atoms with Crippen LogP contribution in [0.5, 0.6) is 0 Å². The normalized spacial score (nSPS) is 25.4. The van der Waals surface area contributed by atoms with E-state index in [0.29, 0.717) is 13.1 Å². The molecule has 0 unspecified atom stereocenters.